The molecule has 2 nitrogen and oxygen atoms in total. The Balaban J connectivity index is 2.19. The molecule has 0 radical (unpaired) electrons. The average Bonchev–Trinajstić information content (AvgIpc) is 2.64. The lowest BCUT2D eigenvalue weighted by atomic mass is 10.3. The third-order valence-corrected chi connectivity index (χ3v) is 1.95. The molecule has 0 atom stereocenters. The fourth-order valence-electron chi connectivity index (χ4n) is 0.825. The maximum absolute atomic E-state index is 8.83. The number of hydrogen-bond donors (Lipinski definition) is 2. The monoisotopic (exact) mass is 161 g/mol. The fourth-order valence-corrected chi connectivity index (χ4v) is 0.892. The van der Waals surface area contributed by atoms with Crippen molar-refractivity contribution in [1.29, 1.82) is 0 Å². The molecule has 0 aromatic carbocycles. The molecular formula is C7H12ClNO. The minimum Gasteiger partial charge on any atom is -0.394 e. The summed E-state index contributed by atoms with van der Waals surface area (Å²) in [6, 6.07) is 0. The van der Waals surface area contributed by atoms with Gasteiger partial charge in [-0.3, -0.25) is 0 Å². The van der Waals surface area contributed by atoms with Gasteiger partial charge in [0.2, 0.25) is 0 Å². The Hall–Kier alpha value is -0.0500. The molecule has 0 aromatic rings. The summed E-state index contributed by atoms with van der Waals surface area (Å²) in [5.74, 6) is 0. The number of aliphatic hydroxyl groups excluding tert-OH is 1. The zero-order chi connectivity index (χ0) is 7.61. The topological polar surface area (TPSA) is 32.3 Å². The Morgan fingerprint density at radius 3 is 2.60 bits per heavy atom. The molecule has 58 valence electrons. The molecular weight excluding hydrogens is 150 g/mol. The Bertz CT molecular complexity index is 143. The van der Waals surface area contributed by atoms with Gasteiger partial charge in [0.05, 0.1) is 6.61 Å². The minimum absolute atomic E-state index is 0.0160. The fraction of sp³-hybridized carbons (Fsp3) is 0.714. The summed E-state index contributed by atoms with van der Waals surface area (Å²) in [6.45, 7) is 4.35. The number of halogens is 1. The molecule has 1 rings (SSSR count). The first-order valence-electron chi connectivity index (χ1n) is 3.38. The molecule has 0 bridgehead atoms. The summed E-state index contributed by atoms with van der Waals surface area (Å²) >= 11 is 5.53. The van der Waals surface area contributed by atoms with Crippen LogP contribution in [0.5, 0.6) is 0 Å². The van der Waals surface area contributed by atoms with Crippen LogP contribution in [0.3, 0.4) is 0 Å². The van der Waals surface area contributed by atoms with E-state index in [0.717, 1.165) is 12.8 Å². The van der Waals surface area contributed by atoms with E-state index >= 15 is 0 Å². The van der Waals surface area contributed by atoms with Gasteiger partial charge in [-0.25, -0.2) is 0 Å². The normalized spacial score (nSPS) is 20.6. The van der Waals surface area contributed by atoms with Gasteiger partial charge in [0.25, 0.3) is 0 Å². The highest BCUT2D eigenvalue weighted by molar-refractivity contribution is 6.29. The van der Waals surface area contributed by atoms with E-state index in [9.17, 15) is 0 Å². The highest BCUT2D eigenvalue weighted by Gasteiger charge is 2.41. The highest BCUT2D eigenvalue weighted by Crippen LogP contribution is 2.34. The summed E-state index contributed by atoms with van der Waals surface area (Å²) in [5, 5.41) is 12.6. The van der Waals surface area contributed by atoms with Crippen molar-refractivity contribution in [3.8, 4) is 0 Å². The third kappa shape index (κ3) is 1.97. The molecule has 1 saturated carbocycles. The quantitative estimate of drug-likeness (QED) is 0.641. The molecule has 1 fully saturated rings. The van der Waals surface area contributed by atoms with Gasteiger partial charge in [0.15, 0.2) is 0 Å². The van der Waals surface area contributed by atoms with Gasteiger partial charge in [0.1, 0.15) is 0 Å². The first-order chi connectivity index (χ1) is 4.68. The lowest BCUT2D eigenvalue weighted by Gasteiger charge is -2.12. The van der Waals surface area contributed by atoms with E-state index in [1.54, 1.807) is 0 Å². The molecule has 2 N–H and O–H groups in total. The van der Waals surface area contributed by atoms with E-state index in [4.69, 9.17) is 16.7 Å². The maximum Gasteiger partial charge on any atom is 0.0613 e. The molecule has 0 heterocycles. The van der Waals surface area contributed by atoms with Crippen LogP contribution in [-0.4, -0.2) is 23.8 Å². The summed E-state index contributed by atoms with van der Waals surface area (Å²) in [7, 11) is 0. The smallest absolute Gasteiger partial charge is 0.0613 e. The van der Waals surface area contributed by atoms with Crippen LogP contribution in [0, 0.1) is 0 Å². The van der Waals surface area contributed by atoms with Gasteiger partial charge in [-0.15, -0.1) is 0 Å². The molecule has 1 aliphatic rings. The third-order valence-electron chi connectivity index (χ3n) is 1.81. The second kappa shape index (κ2) is 2.91. The molecule has 10 heavy (non-hydrogen) atoms. The minimum atomic E-state index is -0.0160. The Labute approximate surface area is 65.9 Å². The summed E-state index contributed by atoms with van der Waals surface area (Å²) in [4.78, 5) is 0. The van der Waals surface area contributed by atoms with Crippen LogP contribution in [0.25, 0.3) is 0 Å². The highest BCUT2D eigenvalue weighted by atomic mass is 35.5. The summed E-state index contributed by atoms with van der Waals surface area (Å²) in [5.41, 5.74) is -0.0160. The van der Waals surface area contributed by atoms with Gasteiger partial charge in [-0.05, 0) is 12.8 Å². The van der Waals surface area contributed by atoms with Crippen molar-refractivity contribution in [2.75, 3.05) is 13.2 Å². The van der Waals surface area contributed by atoms with Gasteiger partial charge in [0, 0.05) is 17.1 Å². The van der Waals surface area contributed by atoms with E-state index in [1.807, 2.05) is 0 Å². The molecule has 0 spiro atoms. The van der Waals surface area contributed by atoms with E-state index in [2.05, 4.69) is 11.9 Å². The van der Waals surface area contributed by atoms with Gasteiger partial charge >= 0.3 is 0 Å². The second-order valence-corrected chi connectivity index (χ2v) is 3.34. The van der Waals surface area contributed by atoms with E-state index < -0.39 is 0 Å². The summed E-state index contributed by atoms with van der Waals surface area (Å²) < 4.78 is 0. The number of rotatable bonds is 4. The number of aliphatic hydroxyl groups is 1. The lowest BCUT2D eigenvalue weighted by molar-refractivity contribution is 0.234. The Morgan fingerprint density at radius 1 is 1.70 bits per heavy atom. The molecule has 0 aromatic heterocycles. The Morgan fingerprint density at radius 2 is 2.30 bits per heavy atom. The number of nitrogens with one attached hydrogen (secondary N) is 1. The van der Waals surface area contributed by atoms with Crippen molar-refractivity contribution in [1.82, 2.24) is 5.32 Å². The van der Waals surface area contributed by atoms with E-state index in [-0.39, 0.29) is 12.1 Å². The van der Waals surface area contributed by atoms with Crippen LogP contribution < -0.4 is 5.32 Å². The van der Waals surface area contributed by atoms with Gasteiger partial charge < -0.3 is 10.4 Å². The summed E-state index contributed by atoms with van der Waals surface area (Å²) in [6.07, 6.45) is 2.10. The Kier molecular flexibility index (Phi) is 2.34. The zero-order valence-electron chi connectivity index (χ0n) is 5.86. The largest absolute Gasteiger partial charge is 0.394 e. The maximum atomic E-state index is 8.83. The standard InChI is InChI=1S/C7H12ClNO/c1-6(8)4-9-7(5-10)2-3-7/h9-10H,1-5H2. The second-order valence-electron chi connectivity index (χ2n) is 2.81. The van der Waals surface area contributed by atoms with Crippen molar-refractivity contribution in [2.24, 2.45) is 0 Å². The molecule has 0 unspecified atom stereocenters. The van der Waals surface area contributed by atoms with Crippen LogP contribution in [0.15, 0.2) is 11.6 Å². The molecule has 3 heteroatoms. The van der Waals surface area contributed by atoms with E-state index in [1.165, 1.54) is 0 Å². The molecule has 0 amide bonds. The van der Waals surface area contributed by atoms with Gasteiger partial charge in [-0.1, -0.05) is 18.2 Å². The lowest BCUT2D eigenvalue weighted by Crippen LogP contribution is -2.35. The average molecular weight is 162 g/mol. The molecule has 1 aliphatic carbocycles. The van der Waals surface area contributed by atoms with Crippen molar-refractivity contribution in [3.63, 3.8) is 0 Å². The predicted molar refractivity (Wildman–Crippen MR) is 42.0 cm³/mol. The van der Waals surface area contributed by atoms with Crippen molar-refractivity contribution in [3.05, 3.63) is 11.6 Å². The van der Waals surface area contributed by atoms with Crippen LogP contribution >= 0.6 is 11.6 Å². The molecule has 0 saturated heterocycles. The van der Waals surface area contributed by atoms with E-state index in [0.29, 0.717) is 11.6 Å². The zero-order valence-corrected chi connectivity index (χ0v) is 6.62. The van der Waals surface area contributed by atoms with Crippen molar-refractivity contribution < 1.29 is 5.11 Å². The van der Waals surface area contributed by atoms with Crippen LogP contribution in [0.2, 0.25) is 0 Å². The number of hydrogen-bond acceptors (Lipinski definition) is 2. The van der Waals surface area contributed by atoms with Crippen LogP contribution in [-0.2, 0) is 0 Å². The van der Waals surface area contributed by atoms with Crippen molar-refractivity contribution in [2.45, 2.75) is 18.4 Å². The SMILES string of the molecule is C=C(Cl)CNC1(CO)CC1. The van der Waals surface area contributed by atoms with Crippen LogP contribution in [0.4, 0.5) is 0 Å². The predicted octanol–water partition coefficient (Wildman–Crippen LogP) is 0.853. The first kappa shape index (κ1) is 8.05. The van der Waals surface area contributed by atoms with Crippen LogP contribution in [0.1, 0.15) is 12.8 Å². The van der Waals surface area contributed by atoms with Gasteiger partial charge in [-0.2, -0.15) is 0 Å². The van der Waals surface area contributed by atoms with Crippen molar-refractivity contribution >= 4 is 11.6 Å². The molecule has 0 aliphatic heterocycles. The first-order valence-corrected chi connectivity index (χ1v) is 3.75.